The van der Waals surface area contributed by atoms with Crippen LogP contribution in [0, 0.1) is 12.8 Å². The van der Waals surface area contributed by atoms with Crippen LogP contribution in [0.4, 0.5) is 5.69 Å². The maximum atomic E-state index is 12.2. The van der Waals surface area contributed by atoms with Crippen molar-refractivity contribution in [1.82, 2.24) is 0 Å². The minimum atomic E-state index is 0.189. The van der Waals surface area contributed by atoms with Crippen LogP contribution in [0.3, 0.4) is 0 Å². The Morgan fingerprint density at radius 3 is 2.45 bits per heavy atom. The van der Waals surface area contributed by atoms with Crippen LogP contribution in [0.25, 0.3) is 0 Å². The fourth-order valence-electron chi connectivity index (χ4n) is 2.48. The smallest absolute Gasteiger partial charge is 0.163 e. The van der Waals surface area contributed by atoms with Crippen molar-refractivity contribution in [1.29, 1.82) is 0 Å². The molecule has 20 heavy (non-hydrogen) atoms. The van der Waals surface area contributed by atoms with Crippen molar-refractivity contribution in [3.63, 3.8) is 0 Å². The maximum Gasteiger partial charge on any atom is 0.163 e. The summed E-state index contributed by atoms with van der Waals surface area (Å²) in [6, 6.07) is 3.78. The van der Waals surface area contributed by atoms with Gasteiger partial charge >= 0.3 is 0 Å². The summed E-state index contributed by atoms with van der Waals surface area (Å²) in [5.74, 6) is 0.762. The minimum absolute atomic E-state index is 0.189. The third kappa shape index (κ3) is 4.24. The molecule has 112 valence electrons. The van der Waals surface area contributed by atoms with E-state index in [-0.39, 0.29) is 5.78 Å². The van der Waals surface area contributed by atoms with Gasteiger partial charge in [-0.3, -0.25) is 4.79 Å². The summed E-state index contributed by atoms with van der Waals surface area (Å²) in [6.07, 6.45) is 1.44. The van der Waals surface area contributed by atoms with E-state index in [4.69, 9.17) is 11.6 Å². The highest BCUT2D eigenvalue weighted by Crippen LogP contribution is 2.29. The van der Waals surface area contributed by atoms with Crippen molar-refractivity contribution < 1.29 is 4.79 Å². The number of ketones is 1. The van der Waals surface area contributed by atoms with Crippen molar-refractivity contribution in [2.45, 2.75) is 47.5 Å². The van der Waals surface area contributed by atoms with Gasteiger partial charge in [-0.25, -0.2) is 0 Å². The number of anilines is 1. The van der Waals surface area contributed by atoms with E-state index in [1.54, 1.807) is 0 Å². The van der Waals surface area contributed by atoms with Crippen molar-refractivity contribution >= 4 is 23.1 Å². The largest absolute Gasteiger partial charge is 0.371 e. The van der Waals surface area contributed by atoms with E-state index in [0.29, 0.717) is 17.4 Å². The molecule has 0 saturated carbocycles. The third-order valence-electron chi connectivity index (χ3n) is 3.43. The maximum absolute atomic E-state index is 12.2. The van der Waals surface area contributed by atoms with Crippen molar-refractivity contribution in [3.8, 4) is 0 Å². The Balaban J connectivity index is 3.22. The molecule has 0 radical (unpaired) electrons. The highest BCUT2D eigenvalue weighted by Gasteiger charge is 2.16. The second-order valence-electron chi connectivity index (χ2n) is 5.70. The number of carbonyl (C=O) groups excluding carboxylic acids is 1. The molecule has 0 heterocycles. The predicted molar refractivity (Wildman–Crippen MR) is 88.2 cm³/mol. The second kappa shape index (κ2) is 7.68. The Labute approximate surface area is 128 Å². The lowest BCUT2D eigenvalue weighted by atomic mass is 9.99. The van der Waals surface area contributed by atoms with Gasteiger partial charge in [0.25, 0.3) is 0 Å². The zero-order valence-electron chi connectivity index (χ0n) is 13.3. The number of benzene rings is 1. The Kier molecular flexibility index (Phi) is 6.54. The molecule has 1 rings (SSSR count). The standard InChI is InChI=1S/C17H26ClNO/c1-6-8-17(20)15-9-14(18)10-16(13(15)5)19(7-2)11-12(3)4/h9-10,12H,6-8,11H2,1-5H3. The zero-order chi connectivity index (χ0) is 15.3. The van der Waals surface area contributed by atoms with Crippen LogP contribution in [-0.2, 0) is 0 Å². The summed E-state index contributed by atoms with van der Waals surface area (Å²) >= 11 is 6.22. The van der Waals surface area contributed by atoms with Gasteiger partial charge in [0.1, 0.15) is 0 Å². The first kappa shape index (κ1) is 17.0. The second-order valence-corrected chi connectivity index (χ2v) is 6.14. The molecule has 0 spiro atoms. The highest BCUT2D eigenvalue weighted by molar-refractivity contribution is 6.31. The Hall–Kier alpha value is -1.02. The molecule has 0 aliphatic carbocycles. The number of hydrogen-bond donors (Lipinski definition) is 0. The molecule has 2 nitrogen and oxygen atoms in total. The van der Waals surface area contributed by atoms with Gasteiger partial charge < -0.3 is 4.90 Å². The highest BCUT2D eigenvalue weighted by atomic mass is 35.5. The molecule has 0 bridgehead atoms. The molecule has 0 amide bonds. The van der Waals surface area contributed by atoms with E-state index >= 15 is 0 Å². The van der Waals surface area contributed by atoms with E-state index in [9.17, 15) is 4.79 Å². The van der Waals surface area contributed by atoms with Gasteiger partial charge in [-0.15, -0.1) is 0 Å². The lowest BCUT2D eigenvalue weighted by Crippen LogP contribution is -2.28. The minimum Gasteiger partial charge on any atom is -0.371 e. The van der Waals surface area contributed by atoms with Gasteiger partial charge in [-0.05, 0) is 43.9 Å². The molecule has 1 aromatic rings. The summed E-state index contributed by atoms with van der Waals surface area (Å²) in [6.45, 7) is 12.5. The number of nitrogens with zero attached hydrogens (tertiary/aromatic N) is 1. The first-order chi connectivity index (χ1) is 9.40. The Morgan fingerprint density at radius 2 is 1.95 bits per heavy atom. The molecular weight excluding hydrogens is 270 g/mol. The van der Waals surface area contributed by atoms with Gasteiger partial charge in [-0.1, -0.05) is 32.4 Å². The summed E-state index contributed by atoms with van der Waals surface area (Å²) in [4.78, 5) is 14.5. The molecule has 1 aromatic carbocycles. The molecule has 0 aliphatic heterocycles. The predicted octanol–water partition coefficient (Wildman–Crippen LogP) is 5.11. The van der Waals surface area contributed by atoms with Crippen LogP contribution in [0.1, 0.15) is 56.5 Å². The van der Waals surface area contributed by atoms with Gasteiger partial charge in [0.05, 0.1) is 0 Å². The van der Waals surface area contributed by atoms with Crippen molar-refractivity contribution in [3.05, 3.63) is 28.3 Å². The molecule has 0 aliphatic rings. The lowest BCUT2D eigenvalue weighted by Gasteiger charge is -2.28. The van der Waals surface area contributed by atoms with Gasteiger partial charge in [0.2, 0.25) is 0 Å². The first-order valence-corrected chi connectivity index (χ1v) is 7.86. The van der Waals surface area contributed by atoms with Crippen LogP contribution in [-0.4, -0.2) is 18.9 Å². The summed E-state index contributed by atoms with van der Waals surface area (Å²) in [5, 5.41) is 0.646. The number of rotatable bonds is 7. The van der Waals surface area contributed by atoms with Gasteiger partial charge in [0.15, 0.2) is 5.78 Å². The van der Waals surface area contributed by atoms with Gasteiger partial charge in [0, 0.05) is 35.8 Å². The summed E-state index contributed by atoms with van der Waals surface area (Å²) in [7, 11) is 0. The first-order valence-electron chi connectivity index (χ1n) is 7.48. The Bertz CT molecular complexity index is 468. The van der Waals surface area contributed by atoms with Gasteiger partial charge in [-0.2, -0.15) is 0 Å². The lowest BCUT2D eigenvalue weighted by molar-refractivity contribution is 0.0981. The molecule has 3 heteroatoms. The summed E-state index contributed by atoms with van der Waals surface area (Å²) in [5.41, 5.74) is 2.92. The molecule has 0 fully saturated rings. The van der Waals surface area contributed by atoms with Crippen LogP contribution >= 0.6 is 11.6 Å². The molecule has 0 saturated heterocycles. The van der Waals surface area contributed by atoms with Crippen molar-refractivity contribution in [2.75, 3.05) is 18.0 Å². The van der Waals surface area contributed by atoms with Crippen LogP contribution in [0.2, 0.25) is 5.02 Å². The fraction of sp³-hybridized carbons (Fsp3) is 0.588. The van der Waals surface area contributed by atoms with E-state index in [1.807, 2.05) is 26.0 Å². The molecule has 0 unspecified atom stereocenters. The fourth-order valence-corrected chi connectivity index (χ4v) is 2.70. The summed E-state index contributed by atoms with van der Waals surface area (Å²) < 4.78 is 0. The number of hydrogen-bond acceptors (Lipinski definition) is 2. The SMILES string of the molecule is CCCC(=O)c1cc(Cl)cc(N(CC)CC(C)C)c1C. The number of carbonyl (C=O) groups is 1. The van der Waals surface area contributed by atoms with E-state index in [0.717, 1.165) is 36.3 Å². The molecule has 0 N–H and O–H groups in total. The third-order valence-corrected chi connectivity index (χ3v) is 3.65. The van der Waals surface area contributed by atoms with E-state index in [2.05, 4.69) is 25.7 Å². The van der Waals surface area contributed by atoms with Crippen LogP contribution in [0.15, 0.2) is 12.1 Å². The van der Waals surface area contributed by atoms with Crippen LogP contribution in [0.5, 0.6) is 0 Å². The van der Waals surface area contributed by atoms with Crippen molar-refractivity contribution in [2.24, 2.45) is 5.92 Å². The topological polar surface area (TPSA) is 20.3 Å². The normalized spacial score (nSPS) is 10.9. The zero-order valence-corrected chi connectivity index (χ0v) is 14.0. The monoisotopic (exact) mass is 295 g/mol. The quantitative estimate of drug-likeness (QED) is 0.651. The molecule has 0 aromatic heterocycles. The Morgan fingerprint density at radius 1 is 1.30 bits per heavy atom. The molecular formula is C17H26ClNO. The number of Topliss-reactive ketones (excluding diaryl/α,β-unsaturated/α-hetero) is 1. The van der Waals surface area contributed by atoms with E-state index < -0.39 is 0 Å². The molecule has 0 atom stereocenters. The van der Waals surface area contributed by atoms with Crippen LogP contribution < -0.4 is 4.90 Å². The average molecular weight is 296 g/mol. The number of halogens is 1. The van der Waals surface area contributed by atoms with E-state index in [1.165, 1.54) is 0 Å². The average Bonchev–Trinajstić information content (AvgIpc) is 2.38.